The van der Waals surface area contributed by atoms with Gasteiger partial charge in [0.25, 0.3) is 0 Å². The van der Waals surface area contributed by atoms with Gasteiger partial charge in [0.15, 0.2) is 12.2 Å². The van der Waals surface area contributed by atoms with Crippen molar-refractivity contribution in [3.05, 3.63) is 0 Å². The van der Waals surface area contributed by atoms with Crippen molar-refractivity contribution in [1.29, 1.82) is 0 Å². The molecular formula is C50H96O8. The standard InChI is InChI=1S/C26H50O4.C24H46O4/c1-3-5-7-9-11-13-15-16-18-20-22-24(26(28)29)30-25(27)23-21-19-17-14-12-10-8-6-4-2;1-3-5-7-9-11-13-15-17-19-21-23(25)28-22(24(26)27)20-18-16-14-12-10-8-6-4-2/h24H,3-23H2,1-2H3,(H,28,29);22H,3-21H2,1-2H3,(H,26,27). The summed E-state index contributed by atoms with van der Waals surface area (Å²) in [7, 11) is 0. The highest BCUT2D eigenvalue weighted by molar-refractivity contribution is 5.78. The maximum absolute atomic E-state index is 12.0. The van der Waals surface area contributed by atoms with Crippen molar-refractivity contribution in [3.63, 3.8) is 0 Å². The number of unbranched alkanes of at least 4 members (excludes halogenated alkanes) is 32. The van der Waals surface area contributed by atoms with E-state index in [-0.39, 0.29) is 11.9 Å². The monoisotopic (exact) mass is 825 g/mol. The van der Waals surface area contributed by atoms with Gasteiger partial charge < -0.3 is 19.7 Å². The Hall–Kier alpha value is -2.12. The van der Waals surface area contributed by atoms with E-state index < -0.39 is 24.1 Å². The van der Waals surface area contributed by atoms with Crippen LogP contribution in [0.4, 0.5) is 0 Å². The summed E-state index contributed by atoms with van der Waals surface area (Å²) in [6, 6.07) is 0. The second kappa shape index (κ2) is 47.6. The number of esters is 2. The highest BCUT2D eigenvalue weighted by Gasteiger charge is 2.22. The molecule has 0 aliphatic carbocycles. The lowest BCUT2D eigenvalue weighted by atomic mass is 10.0. The molecule has 0 spiro atoms. The van der Waals surface area contributed by atoms with Crippen LogP contribution < -0.4 is 0 Å². The summed E-state index contributed by atoms with van der Waals surface area (Å²) in [4.78, 5) is 46.6. The molecule has 0 saturated carbocycles. The molecule has 0 aromatic heterocycles. The van der Waals surface area contributed by atoms with Crippen molar-refractivity contribution in [1.82, 2.24) is 0 Å². The Morgan fingerprint density at radius 2 is 0.500 bits per heavy atom. The fourth-order valence-electron chi connectivity index (χ4n) is 7.34. The van der Waals surface area contributed by atoms with Gasteiger partial charge in [-0.2, -0.15) is 0 Å². The van der Waals surface area contributed by atoms with Crippen LogP contribution in [0.5, 0.6) is 0 Å². The van der Waals surface area contributed by atoms with E-state index in [0.29, 0.717) is 25.7 Å². The minimum atomic E-state index is -1.01. The minimum absolute atomic E-state index is 0.344. The zero-order chi connectivity index (χ0) is 43.2. The molecule has 0 fully saturated rings. The summed E-state index contributed by atoms with van der Waals surface area (Å²) in [5.74, 6) is -2.72. The molecular weight excluding hydrogens is 729 g/mol. The molecule has 0 saturated heterocycles. The molecule has 8 heteroatoms. The van der Waals surface area contributed by atoms with Crippen LogP contribution in [0.3, 0.4) is 0 Å². The Bertz CT molecular complexity index is 906. The number of hydrogen-bond donors (Lipinski definition) is 2. The zero-order valence-electron chi connectivity index (χ0n) is 38.8. The number of carbonyl (C=O) groups is 4. The highest BCUT2D eigenvalue weighted by atomic mass is 16.6. The second-order valence-electron chi connectivity index (χ2n) is 17.0. The molecule has 58 heavy (non-hydrogen) atoms. The number of ether oxygens (including phenoxy) is 2. The van der Waals surface area contributed by atoms with E-state index in [1.807, 2.05) is 0 Å². The van der Waals surface area contributed by atoms with Crippen LogP contribution in [0.2, 0.25) is 0 Å². The van der Waals surface area contributed by atoms with E-state index in [9.17, 15) is 29.4 Å². The molecule has 0 aromatic rings. The summed E-state index contributed by atoms with van der Waals surface area (Å²) >= 11 is 0. The lowest BCUT2D eigenvalue weighted by Gasteiger charge is -2.13. The average molecular weight is 825 g/mol. The first-order chi connectivity index (χ1) is 28.2. The van der Waals surface area contributed by atoms with Crippen LogP contribution in [0.15, 0.2) is 0 Å². The summed E-state index contributed by atoms with van der Waals surface area (Å²) in [5, 5.41) is 18.6. The molecule has 2 unspecified atom stereocenters. The average Bonchev–Trinajstić information content (AvgIpc) is 3.20. The summed E-state index contributed by atoms with van der Waals surface area (Å²) < 4.78 is 10.4. The molecule has 344 valence electrons. The van der Waals surface area contributed by atoms with Gasteiger partial charge in [0, 0.05) is 12.8 Å². The van der Waals surface area contributed by atoms with Gasteiger partial charge in [-0.3, -0.25) is 9.59 Å². The first-order valence-corrected chi connectivity index (χ1v) is 25.1. The summed E-state index contributed by atoms with van der Waals surface area (Å²) in [6.07, 6.45) is 42.6. The lowest BCUT2D eigenvalue weighted by molar-refractivity contribution is -0.164. The number of hydrogen-bond acceptors (Lipinski definition) is 6. The van der Waals surface area contributed by atoms with E-state index in [2.05, 4.69) is 27.7 Å². The van der Waals surface area contributed by atoms with Crippen molar-refractivity contribution in [2.24, 2.45) is 0 Å². The van der Waals surface area contributed by atoms with Gasteiger partial charge in [-0.1, -0.05) is 233 Å². The van der Waals surface area contributed by atoms with Crippen molar-refractivity contribution in [3.8, 4) is 0 Å². The van der Waals surface area contributed by atoms with Crippen molar-refractivity contribution in [2.75, 3.05) is 0 Å². The SMILES string of the molecule is CCCCCCCCCCCC(=O)OC(CCCCCCCCCC)C(=O)O.CCCCCCCCCCCCC(OC(=O)CCCCCCCCCCC)C(=O)O. The molecule has 0 amide bonds. The molecule has 0 radical (unpaired) electrons. The van der Waals surface area contributed by atoms with Crippen LogP contribution in [-0.2, 0) is 28.7 Å². The molecule has 2 atom stereocenters. The van der Waals surface area contributed by atoms with Gasteiger partial charge in [0.05, 0.1) is 0 Å². The molecule has 0 heterocycles. The normalized spacial score (nSPS) is 12.1. The van der Waals surface area contributed by atoms with Gasteiger partial charge in [0.1, 0.15) is 0 Å². The quantitative estimate of drug-likeness (QED) is 0.0459. The van der Waals surface area contributed by atoms with Crippen molar-refractivity contribution >= 4 is 23.9 Å². The summed E-state index contributed by atoms with van der Waals surface area (Å²) in [5.41, 5.74) is 0. The van der Waals surface area contributed by atoms with E-state index in [4.69, 9.17) is 9.47 Å². The molecule has 0 bridgehead atoms. The third kappa shape index (κ3) is 45.0. The van der Waals surface area contributed by atoms with Gasteiger partial charge in [-0.25, -0.2) is 9.59 Å². The highest BCUT2D eigenvalue weighted by Crippen LogP contribution is 2.17. The fourth-order valence-corrected chi connectivity index (χ4v) is 7.34. The van der Waals surface area contributed by atoms with Crippen LogP contribution in [-0.4, -0.2) is 46.3 Å². The van der Waals surface area contributed by atoms with Gasteiger partial charge >= 0.3 is 23.9 Å². The molecule has 0 aliphatic rings. The van der Waals surface area contributed by atoms with Crippen LogP contribution in [0.25, 0.3) is 0 Å². The van der Waals surface area contributed by atoms with E-state index in [1.54, 1.807) is 0 Å². The van der Waals surface area contributed by atoms with Crippen molar-refractivity contribution < 1.29 is 38.9 Å². The zero-order valence-corrected chi connectivity index (χ0v) is 38.8. The predicted octanol–water partition coefficient (Wildman–Crippen LogP) is 15.6. The minimum Gasteiger partial charge on any atom is -0.479 e. The molecule has 8 nitrogen and oxygen atoms in total. The second-order valence-corrected chi connectivity index (χ2v) is 17.0. The molecule has 0 aromatic carbocycles. The van der Waals surface area contributed by atoms with Crippen LogP contribution >= 0.6 is 0 Å². The predicted molar refractivity (Wildman–Crippen MR) is 242 cm³/mol. The first-order valence-electron chi connectivity index (χ1n) is 25.1. The molecule has 0 aliphatic heterocycles. The number of carboxylic acid groups (broad SMARTS) is 2. The largest absolute Gasteiger partial charge is 0.479 e. The lowest BCUT2D eigenvalue weighted by Crippen LogP contribution is -2.27. The van der Waals surface area contributed by atoms with E-state index in [0.717, 1.165) is 77.0 Å². The molecule has 2 N–H and O–H groups in total. The number of rotatable bonds is 44. The van der Waals surface area contributed by atoms with Gasteiger partial charge in [-0.15, -0.1) is 0 Å². The van der Waals surface area contributed by atoms with Crippen LogP contribution in [0.1, 0.15) is 285 Å². The number of carboxylic acids is 2. The van der Waals surface area contributed by atoms with E-state index in [1.165, 1.54) is 154 Å². The maximum Gasteiger partial charge on any atom is 0.345 e. The Morgan fingerprint density at radius 3 is 0.707 bits per heavy atom. The number of carbonyl (C=O) groups excluding carboxylic acids is 2. The van der Waals surface area contributed by atoms with Crippen molar-refractivity contribution in [2.45, 2.75) is 297 Å². The Kier molecular flexibility index (Phi) is 47.5. The number of aliphatic carboxylic acids is 2. The van der Waals surface area contributed by atoms with Crippen LogP contribution in [0, 0.1) is 0 Å². The first kappa shape index (κ1) is 58.0. The third-order valence-electron chi connectivity index (χ3n) is 11.2. The van der Waals surface area contributed by atoms with Gasteiger partial charge in [0.2, 0.25) is 0 Å². The topological polar surface area (TPSA) is 127 Å². The smallest absolute Gasteiger partial charge is 0.345 e. The molecule has 0 rings (SSSR count). The summed E-state index contributed by atoms with van der Waals surface area (Å²) in [6.45, 7) is 8.90. The Morgan fingerprint density at radius 1 is 0.310 bits per heavy atom. The fraction of sp³-hybridized carbons (Fsp3) is 0.920. The third-order valence-corrected chi connectivity index (χ3v) is 11.2. The Balaban J connectivity index is 0. The Labute approximate surface area is 358 Å². The van der Waals surface area contributed by atoms with E-state index >= 15 is 0 Å². The maximum atomic E-state index is 12.0. The van der Waals surface area contributed by atoms with Gasteiger partial charge in [-0.05, 0) is 38.5 Å².